The Bertz CT molecular complexity index is 428. The minimum atomic E-state index is 0.0349. The average molecular weight is 281 g/mol. The van der Waals surface area contributed by atoms with Crippen molar-refractivity contribution < 1.29 is 4.74 Å². The Kier molecular flexibility index (Phi) is 5.53. The van der Waals surface area contributed by atoms with Crippen LogP contribution in [-0.2, 0) is 0 Å². The number of nitrogens with zero attached hydrogens (tertiary/aromatic N) is 4. The van der Waals surface area contributed by atoms with Crippen molar-refractivity contribution in [3.05, 3.63) is 0 Å². The highest BCUT2D eigenvalue weighted by atomic mass is 16.5. The van der Waals surface area contributed by atoms with E-state index in [0.29, 0.717) is 17.9 Å². The molecule has 1 rings (SSSR count). The fourth-order valence-corrected chi connectivity index (χ4v) is 1.80. The van der Waals surface area contributed by atoms with Crippen molar-refractivity contribution in [3.8, 4) is 6.01 Å². The van der Waals surface area contributed by atoms with E-state index < -0.39 is 0 Å². The highest BCUT2D eigenvalue weighted by molar-refractivity contribution is 5.37. The molecular formula is C14H27N5O. The Morgan fingerprint density at radius 2 is 1.85 bits per heavy atom. The molecule has 0 saturated heterocycles. The zero-order chi connectivity index (χ0) is 15.3. The maximum atomic E-state index is 5.59. The lowest BCUT2D eigenvalue weighted by atomic mass is 9.96. The molecule has 0 amide bonds. The number of anilines is 2. The van der Waals surface area contributed by atoms with Crippen LogP contribution in [0.15, 0.2) is 0 Å². The largest absolute Gasteiger partial charge is 0.461 e. The highest BCUT2D eigenvalue weighted by Crippen LogP contribution is 2.20. The van der Waals surface area contributed by atoms with Crippen molar-refractivity contribution in [3.63, 3.8) is 0 Å². The van der Waals surface area contributed by atoms with Crippen LogP contribution in [0.1, 0.15) is 41.5 Å². The summed E-state index contributed by atoms with van der Waals surface area (Å²) in [5.74, 6) is 1.18. The summed E-state index contributed by atoms with van der Waals surface area (Å²) in [6, 6.07) is 0.363. The van der Waals surface area contributed by atoms with Gasteiger partial charge >= 0.3 is 6.01 Å². The average Bonchev–Trinajstić information content (AvgIpc) is 2.25. The molecule has 0 radical (unpaired) electrons. The zero-order valence-corrected chi connectivity index (χ0v) is 13.7. The van der Waals surface area contributed by atoms with Crippen LogP contribution in [0.4, 0.5) is 11.9 Å². The summed E-state index contributed by atoms with van der Waals surface area (Å²) in [7, 11) is 1.98. The van der Waals surface area contributed by atoms with E-state index >= 15 is 0 Å². The third-order valence-electron chi connectivity index (χ3n) is 2.33. The molecule has 1 aromatic rings. The predicted molar refractivity (Wildman–Crippen MR) is 82.5 cm³/mol. The van der Waals surface area contributed by atoms with Gasteiger partial charge in [-0.15, -0.1) is 0 Å². The standard InChI is InChI=1S/C14H27N5O/c1-8-15-11-16-12(19(7)9-14(4,5)6)18-13(17-11)20-10(2)3/h10H,8-9H2,1-7H3,(H,15,16,17,18). The Hall–Kier alpha value is -1.59. The summed E-state index contributed by atoms with van der Waals surface area (Å²) in [6.45, 7) is 14.1. The highest BCUT2D eigenvalue weighted by Gasteiger charge is 2.18. The van der Waals surface area contributed by atoms with E-state index in [2.05, 4.69) is 41.0 Å². The van der Waals surface area contributed by atoms with Crippen LogP contribution in [0, 0.1) is 5.41 Å². The lowest BCUT2D eigenvalue weighted by Gasteiger charge is -2.26. The van der Waals surface area contributed by atoms with E-state index in [-0.39, 0.29) is 11.5 Å². The summed E-state index contributed by atoms with van der Waals surface area (Å²) in [5, 5.41) is 3.11. The molecule has 0 atom stereocenters. The van der Waals surface area contributed by atoms with Crippen LogP contribution < -0.4 is 15.0 Å². The summed E-state index contributed by atoms with van der Waals surface area (Å²) in [4.78, 5) is 15.1. The second kappa shape index (κ2) is 6.72. The number of hydrogen-bond acceptors (Lipinski definition) is 6. The van der Waals surface area contributed by atoms with Crippen LogP contribution in [0.25, 0.3) is 0 Å². The van der Waals surface area contributed by atoms with Crippen LogP contribution in [-0.4, -0.2) is 41.2 Å². The van der Waals surface area contributed by atoms with Gasteiger partial charge in [-0.05, 0) is 26.2 Å². The van der Waals surface area contributed by atoms with Crippen LogP contribution in [0.2, 0.25) is 0 Å². The quantitative estimate of drug-likeness (QED) is 0.864. The van der Waals surface area contributed by atoms with Crippen molar-refractivity contribution in [2.75, 3.05) is 30.4 Å². The summed E-state index contributed by atoms with van der Waals surface area (Å²) >= 11 is 0. The molecule has 0 aliphatic rings. The van der Waals surface area contributed by atoms with Crippen LogP contribution in [0.5, 0.6) is 6.01 Å². The molecule has 0 aliphatic heterocycles. The van der Waals surface area contributed by atoms with Gasteiger partial charge in [-0.2, -0.15) is 15.0 Å². The molecule has 1 aromatic heterocycles. The topological polar surface area (TPSA) is 63.2 Å². The van der Waals surface area contributed by atoms with Crippen molar-refractivity contribution in [2.24, 2.45) is 5.41 Å². The molecule has 6 nitrogen and oxygen atoms in total. The second-order valence-corrected chi connectivity index (χ2v) is 6.36. The van der Waals surface area contributed by atoms with Gasteiger partial charge in [0.25, 0.3) is 0 Å². The minimum absolute atomic E-state index is 0.0349. The van der Waals surface area contributed by atoms with Gasteiger partial charge < -0.3 is 15.0 Å². The van der Waals surface area contributed by atoms with Gasteiger partial charge in [0.2, 0.25) is 11.9 Å². The molecule has 1 N–H and O–H groups in total. The molecule has 0 fully saturated rings. The first kappa shape index (κ1) is 16.5. The Morgan fingerprint density at radius 1 is 1.20 bits per heavy atom. The van der Waals surface area contributed by atoms with Gasteiger partial charge in [0.15, 0.2) is 0 Å². The maximum Gasteiger partial charge on any atom is 0.323 e. The van der Waals surface area contributed by atoms with Gasteiger partial charge in [-0.25, -0.2) is 0 Å². The molecule has 0 aromatic carbocycles. The Morgan fingerprint density at radius 3 is 2.35 bits per heavy atom. The zero-order valence-electron chi connectivity index (χ0n) is 13.7. The predicted octanol–water partition coefficient (Wildman–Crippen LogP) is 2.57. The van der Waals surface area contributed by atoms with E-state index in [0.717, 1.165) is 13.1 Å². The number of ether oxygens (including phenoxy) is 1. The normalized spacial score (nSPS) is 11.6. The molecule has 20 heavy (non-hydrogen) atoms. The lowest BCUT2D eigenvalue weighted by molar-refractivity contribution is 0.222. The number of nitrogens with one attached hydrogen (secondary N) is 1. The SMILES string of the molecule is CCNc1nc(OC(C)C)nc(N(C)CC(C)(C)C)n1. The summed E-state index contributed by atoms with van der Waals surface area (Å²) in [6.07, 6.45) is 0.0349. The van der Waals surface area contributed by atoms with Crippen LogP contribution in [0.3, 0.4) is 0 Å². The van der Waals surface area contributed by atoms with E-state index in [1.54, 1.807) is 0 Å². The first-order valence-electron chi connectivity index (χ1n) is 7.09. The summed E-state index contributed by atoms with van der Waals surface area (Å²) < 4.78 is 5.59. The first-order chi connectivity index (χ1) is 9.21. The van der Waals surface area contributed by atoms with Gasteiger partial charge in [-0.1, -0.05) is 20.8 Å². The monoisotopic (exact) mass is 281 g/mol. The van der Waals surface area contributed by atoms with Crippen molar-refractivity contribution in [1.82, 2.24) is 15.0 Å². The van der Waals surface area contributed by atoms with Crippen LogP contribution >= 0.6 is 0 Å². The fraction of sp³-hybridized carbons (Fsp3) is 0.786. The molecule has 0 saturated carbocycles. The van der Waals surface area contributed by atoms with E-state index in [1.807, 2.05) is 32.7 Å². The summed E-state index contributed by atoms with van der Waals surface area (Å²) in [5.41, 5.74) is 0.165. The fourth-order valence-electron chi connectivity index (χ4n) is 1.80. The van der Waals surface area contributed by atoms with Crippen molar-refractivity contribution in [2.45, 2.75) is 47.6 Å². The molecular weight excluding hydrogens is 254 g/mol. The van der Waals surface area contributed by atoms with Gasteiger partial charge in [0, 0.05) is 20.1 Å². The smallest absolute Gasteiger partial charge is 0.323 e. The second-order valence-electron chi connectivity index (χ2n) is 6.36. The first-order valence-corrected chi connectivity index (χ1v) is 7.09. The van der Waals surface area contributed by atoms with Gasteiger partial charge in [-0.3, -0.25) is 0 Å². The lowest BCUT2D eigenvalue weighted by Crippen LogP contribution is -2.31. The Balaban J connectivity index is 3.01. The van der Waals surface area contributed by atoms with Crippen molar-refractivity contribution in [1.29, 1.82) is 0 Å². The number of rotatable bonds is 6. The van der Waals surface area contributed by atoms with Gasteiger partial charge in [0.05, 0.1) is 6.10 Å². The molecule has 6 heteroatoms. The molecule has 0 aliphatic carbocycles. The Labute approximate surface area is 122 Å². The third-order valence-corrected chi connectivity index (χ3v) is 2.33. The molecule has 0 bridgehead atoms. The third kappa shape index (κ3) is 5.59. The van der Waals surface area contributed by atoms with E-state index in [1.165, 1.54) is 0 Å². The van der Waals surface area contributed by atoms with Crippen molar-refractivity contribution >= 4 is 11.9 Å². The molecule has 0 spiro atoms. The minimum Gasteiger partial charge on any atom is -0.461 e. The van der Waals surface area contributed by atoms with E-state index in [4.69, 9.17) is 4.74 Å². The van der Waals surface area contributed by atoms with E-state index in [9.17, 15) is 0 Å². The number of aromatic nitrogens is 3. The molecule has 0 unspecified atom stereocenters. The molecule has 1 heterocycles. The molecule has 114 valence electrons. The van der Waals surface area contributed by atoms with Gasteiger partial charge in [0.1, 0.15) is 0 Å². The maximum absolute atomic E-state index is 5.59. The number of hydrogen-bond donors (Lipinski definition) is 1.